The van der Waals surface area contributed by atoms with Crippen molar-refractivity contribution in [2.75, 3.05) is 26.4 Å². The summed E-state index contributed by atoms with van der Waals surface area (Å²) in [4.78, 5) is 32.9. The Morgan fingerprint density at radius 2 is 1.90 bits per heavy atom. The molecule has 1 amide bonds. The number of esters is 1. The number of carbonyl (C=O) groups excluding carboxylic acids is 2. The third kappa shape index (κ3) is 4.34. The number of nitrogens with zero attached hydrogens (tertiary/aromatic N) is 2. The maximum absolute atomic E-state index is 12.8. The van der Waals surface area contributed by atoms with Gasteiger partial charge in [0.05, 0.1) is 17.4 Å². The van der Waals surface area contributed by atoms with Crippen LogP contribution in [0.3, 0.4) is 0 Å². The molecule has 2 aromatic rings. The molecule has 1 atom stereocenters. The molecule has 1 fully saturated rings. The van der Waals surface area contributed by atoms with Gasteiger partial charge in [-0.2, -0.15) is 0 Å². The van der Waals surface area contributed by atoms with Crippen LogP contribution in [0.25, 0.3) is 0 Å². The van der Waals surface area contributed by atoms with E-state index < -0.39 is 12.1 Å². The Morgan fingerprint density at radius 1 is 1.13 bits per heavy atom. The molecule has 0 spiro atoms. The highest BCUT2D eigenvalue weighted by Crippen LogP contribution is 2.40. The summed E-state index contributed by atoms with van der Waals surface area (Å²) < 4.78 is 10.1. The van der Waals surface area contributed by atoms with Gasteiger partial charge in [-0.05, 0) is 18.2 Å². The fraction of sp³-hybridized carbons (Fsp3) is 0.318. The van der Waals surface area contributed by atoms with Crippen molar-refractivity contribution in [1.29, 1.82) is 0 Å². The zero-order valence-corrected chi connectivity index (χ0v) is 17.5. The number of amides is 1. The molecular weight excluding hydrogens is 402 g/mol. The first kappa shape index (κ1) is 20.4. The Kier molecular flexibility index (Phi) is 6.35. The van der Waals surface area contributed by atoms with Crippen LogP contribution in [0.15, 0.2) is 63.3 Å². The summed E-state index contributed by atoms with van der Waals surface area (Å²) in [6.45, 7) is 2.99. The minimum Gasteiger partial charge on any atom is -0.428 e. The van der Waals surface area contributed by atoms with Gasteiger partial charge in [-0.15, -0.1) is 0 Å². The summed E-state index contributed by atoms with van der Waals surface area (Å²) in [5, 5.41) is 3.35. The van der Waals surface area contributed by atoms with E-state index in [9.17, 15) is 9.59 Å². The lowest BCUT2D eigenvalue weighted by atomic mass is 10.00. The van der Waals surface area contributed by atoms with E-state index in [0.29, 0.717) is 19.6 Å². The minimum absolute atomic E-state index is 0.235. The molecule has 0 radical (unpaired) electrons. The topological polar surface area (TPSA) is 80.2 Å². The fourth-order valence-electron chi connectivity index (χ4n) is 3.46. The van der Waals surface area contributed by atoms with Crippen LogP contribution in [-0.4, -0.2) is 55.1 Å². The average Bonchev–Trinajstić information content (AvgIpc) is 2.95. The van der Waals surface area contributed by atoms with E-state index in [1.54, 1.807) is 23.6 Å². The first-order valence-electron chi connectivity index (χ1n) is 9.92. The van der Waals surface area contributed by atoms with Crippen LogP contribution in [0, 0.1) is 0 Å². The molecule has 156 valence electrons. The van der Waals surface area contributed by atoms with E-state index in [4.69, 9.17) is 14.5 Å². The lowest BCUT2D eigenvalue weighted by Gasteiger charge is -2.36. The highest BCUT2D eigenvalue weighted by atomic mass is 32.2. The molecule has 2 aromatic carbocycles. The summed E-state index contributed by atoms with van der Waals surface area (Å²) in [6, 6.07) is 15.8. The Balaban J connectivity index is 1.65. The zero-order valence-electron chi connectivity index (χ0n) is 16.7. The first-order chi connectivity index (χ1) is 14.7. The van der Waals surface area contributed by atoms with Gasteiger partial charge in [-0.3, -0.25) is 9.69 Å². The standard InChI is InChI=1S/C22H23N3O4S/c1-2-20(26)28-14-29-22(27)25-12-11-23-13-17(25)21-15-7-3-5-9-18(15)30-19-10-6-4-8-16(19)24-21/h3-10,17,23H,2,11-14H2,1H3. The summed E-state index contributed by atoms with van der Waals surface area (Å²) >= 11 is 1.67. The molecule has 2 heterocycles. The van der Waals surface area contributed by atoms with Gasteiger partial charge in [-0.25, -0.2) is 9.79 Å². The van der Waals surface area contributed by atoms with E-state index in [-0.39, 0.29) is 19.3 Å². The van der Waals surface area contributed by atoms with Crippen molar-refractivity contribution in [1.82, 2.24) is 10.2 Å². The number of benzene rings is 2. The third-order valence-corrected chi connectivity index (χ3v) is 6.11. The summed E-state index contributed by atoms with van der Waals surface area (Å²) in [5.41, 5.74) is 2.70. The molecule has 1 unspecified atom stereocenters. The Hall–Kier alpha value is -2.84. The molecule has 4 rings (SSSR count). The lowest BCUT2D eigenvalue weighted by Crippen LogP contribution is -2.57. The predicted octanol–water partition coefficient (Wildman–Crippen LogP) is 3.59. The first-order valence-corrected chi connectivity index (χ1v) is 10.7. The molecule has 0 bridgehead atoms. The Bertz CT molecular complexity index is 978. The molecule has 8 heteroatoms. The lowest BCUT2D eigenvalue weighted by molar-refractivity contribution is -0.152. The number of carbonyl (C=O) groups is 2. The SMILES string of the molecule is CCC(=O)OCOC(=O)N1CCNCC1C1=Nc2ccccc2Sc2ccccc21. The van der Waals surface area contributed by atoms with Gasteiger partial charge in [0.15, 0.2) is 0 Å². The number of para-hydroxylation sites is 1. The molecule has 0 aliphatic carbocycles. The van der Waals surface area contributed by atoms with Gasteiger partial charge in [0.25, 0.3) is 0 Å². The van der Waals surface area contributed by atoms with Gasteiger partial charge < -0.3 is 14.8 Å². The summed E-state index contributed by atoms with van der Waals surface area (Å²) in [7, 11) is 0. The summed E-state index contributed by atoms with van der Waals surface area (Å²) in [5.74, 6) is -0.407. The second-order valence-electron chi connectivity index (χ2n) is 6.87. The van der Waals surface area contributed by atoms with E-state index in [1.807, 2.05) is 36.4 Å². The molecule has 1 N–H and O–H groups in total. The van der Waals surface area contributed by atoms with Crippen molar-refractivity contribution in [2.24, 2.45) is 4.99 Å². The second-order valence-corrected chi connectivity index (χ2v) is 7.96. The number of rotatable bonds is 4. The molecule has 0 aromatic heterocycles. The van der Waals surface area contributed by atoms with Gasteiger partial charge >= 0.3 is 12.1 Å². The molecule has 30 heavy (non-hydrogen) atoms. The molecule has 7 nitrogen and oxygen atoms in total. The van der Waals surface area contributed by atoms with Gasteiger partial charge in [0, 0.05) is 41.4 Å². The number of fused-ring (bicyclic) bond motifs is 2. The second kappa shape index (κ2) is 9.32. The number of nitrogens with one attached hydrogen (secondary N) is 1. The van der Waals surface area contributed by atoms with E-state index in [1.165, 1.54) is 0 Å². The van der Waals surface area contributed by atoms with Gasteiger partial charge in [-0.1, -0.05) is 49.0 Å². The molecule has 2 aliphatic rings. The van der Waals surface area contributed by atoms with Gasteiger partial charge in [0.2, 0.25) is 6.79 Å². The molecule has 0 saturated carbocycles. The quantitative estimate of drug-likeness (QED) is 0.596. The largest absolute Gasteiger partial charge is 0.428 e. The Labute approximate surface area is 179 Å². The van der Waals surface area contributed by atoms with Crippen molar-refractivity contribution in [3.63, 3.8) is 0 Å². The van der Waals surface area contributed by atoms with Crippen LogP contribution in [0.2, 0.25) is 0 Å². The van der Waals surface area contributed by atoms with Crippen LogP contribution in [0.5, 0.6) is 0 Å². The number of aliphatic imine (C=N–C) groups is 1. The molecular formula is C22H23N3O4S. The van der Waals surface area contributed by atoms with Crippen molar-refractivity contribution in [3.05, 3.63) is 54.1 Å². The minimum atomic E-state index is -0.518. The van der Waals surface area contributed by atoms with E-state index >= 15 is 0 Å². The number of hydrogen-bond donors (Lipinski definition) is 1. The van der Waals surface area contributed by atoms with Crippen LogP contribution in [0.4, 0.5) is 10.5 Å². The molecule has 1 saturated heterocycles. The number of hydrogen-bond acceptors (Lipinski definition) is 7. The predicted molar refractivity (Wildman–Crippen MR) is 114 cm³/mol. The summed E-state index contributed by atoms with van der Waals surface area (Å²) in [6.07, 6.45) is -0.283. The van der Waals surface area contributed by atoms with E-state index in [0.717, 1.165) is 26.8 Å². The normalized spacial score (nSPS) is 17.8. The van der Waals surface area contributed by atoms with Crippen LogP contribution < -0.4 is 5.32 Å². The maximum Gasteiger partial charge on any atom is 0.413 e. The number of piperazine rings is 1. The van der Waals surface area contributed by atoms with Crippen molar-refractivity contribution in [3.8, 4) is 0 Å². The fourth-order valence-corrected chi connectivity index (χ4v) is 4.49. The maximum atomic E-state index is 12.8. The van der Waals surface area contributed by atoms with Crippen molar-refractivity contribution in [2.45, 2.75) is 29.2 Å². The number of ether oxygens (including phenoxy) is 2. The molecule has 2 aliphatic heterocycles. The highest BCUT2D eigenvalue weighted by molar-refractivity contribution is 7.99. The van der Waals surface area contributed by atoms with Crippen molar-refractivity contribution < 1.29 is 19.1 Å². The smallest absolute Gasteiger partial charge is 0.413 e. The average molecular weight is 426 g/mol. The van der Waals surface area contributed by atoms with E-state index in [2.05, 4.69) is 17.4 Å². The third-order valence-electron chi connectivity index (χ3n) is 4.97. The zero-order chi connectivity index (χ0) is 20.9. The van der Waals surface area contributed by atoms with Crippen LogP contribution in [0.1, 0.15) is 18.9 Å². The van der Waals surface area contributed by atoms with Crippen molar-refractivity contribution >= 4 is 35.2 Å². The van der Waals surface area contributed by atoms with Gasteiger partial charge in [0.1, 0.15) is 0 Å². The highest BCUT2D eigenvalue weighted by Gasteiger charge is 2.34. The van der Waals surface area contributed by atoms with Crippen LogP contribution in [-0.2, 0) is 14.3 Å². The Morgan fingerprint density at radius 3 is 2.73 bits per heavy atom. The van der Waals surface area contributed by atoms with Crippen LogP contribution >= 0.6 is 11.8 Å². The monoisotopic (exact) mass is 425 g/mol.